The lowest BCUT2D eigenvalue weighted by molar-refractivity contribution is -0.205. The molecule has 53 heavy (non-hydrogen) atoms. The third-order valence-electron chi connectivity index (χ3n) is 8.56. The normalized spacial score (nSPS) is 16.2. The topological polar surface area (TPSA) is 268 Å². The SMILES string of the molecule is CCCCC[C@@H](C(=O)NCNC(=O)c1ccc(-c2ccc(C(=O)N[C@@H](CC(=O)O)C(=O)O)c(OCC(=O)O)c2)o1)[C@@H](CC)N(C=O)OC(=O)C1CC1C. The summed E-state index contributed by atoms with van der Waals surface area (Å²) in [5.41, 5.74) is -0.0659. The van der Waals surface area contributed by atoms with E-state index in [1.54, 1.807) is 6.92 Å². The van der Waals surface area contributed by atoms with Gasteiger partial charge in [-0.3, -0.25) is 24.0 Å². The summed E-state index contributed by atoms with van der Waals surface area (Å²) in [5, 5.41) is 35.5. The number of hydrogen-bond donors (Lipinski definition) is 6. The molecule has 0 aliphatic heterocycles. The molecule has 1 aromatic heterocycles. The van der Waals surface area contributed by atoms with Gasteiger partial charge in [-0.15, -0.1) is 0 Å². The van der Waals surface area contributed by atoms with E-state index in [4.69, 9.17) is 24.2 Å². The summed E-state index contributed by atoms with van der Waals surface area (Å²) in [6.45, 7) is 4.48. The Balaban J connectivity index is 1.70. The van der Waals surface area contributed by atoms with Gasteiger partial charge in [0.25, 0.3) is 11.8 Å². The van der Waals surface area contributed by atoms with Crippen LogP contribution in [0.3, 0.4) is 0 Å². The Labute approximate surface area is 304 Å². The number of unbranched alkanes of at least 4 members (excludes halogenated alkanes) is 2. The lowest BCUT2D eigenvalue weighted by atomic mass is 9.90. The molecule has 6 N–H and O–H groups in total. The van der Waals surface area contributed by atoms with Crippen LogP contribution in [0.15, 0.2) is 34.7 Å². The average molecular weight is 745 g/mol. The fraction of sp³-hybridized carbons (Fsp3) is 0.486. The number of nitrogens with zero attached hydrogens (tertiary/aromatic N) is 1. The zero-order valence-electron chi connectivity index (χ0n) is 29.5. The molecule has 3 rings (SSSR count). The molecule has 1 fully saturated rings. The number of rotatable bonds is 23. The quantitative estimate of drug-likeness (QED) is 0.0413. The van der Waals surface area contributed by atoms with E-state index in [1.807, 2.05) is 13.8 Å². The van der Waals surface area contributed by atoms with Crippen LogP contribution in [-0.4, -0.2) is 93.8 Å². The molecule has 1 saturated carbocycles. The maximum atomic E-state index is 13.4. The maximum absolute atomic E-state index is 13.4. The molecular formula is C35H44N4O14. The van der Waals surface area contributed by atoms with E-state index < -0.39 is 72.6 Å². The third-order valence-corrected chi connectivity index (χ3v) is 8.56. The summed E-state index contributed by atoms with van der Waals surface area (Å²) in [6, 6.07) is 3.96. The lowest BCUT2D eigenvalue weighted by Gasteiger charge is -2.31. The van der Waals surface area contributed by atoms with Crippen molar-refractivity contribution >= 4 is 48.0 Å². The first-order valence-corrected chi connectivity index (χ1v) is 17.1. The first-order valence-electron chi connectivity index (χ1n) is 17.1. The summed E-state index contributed by atoms with van der Waals surface area (Å²) >= 11 is 0. The third kappa shape index (κ3) is 12.1. The Kier molecular flexibility index (Phi) is 15.3. The van der Waals surface area contributed by atoms with E-state index in [1.165, 1.54) is 30.3 Å². The molecule has 0 saturated heterocycles. The zero-order chi connectivity index (χ0) is 39.2. The van der Waals surface area contributed by atoms with Gasteiger partial charge in [0.15, 0.2) is 12.4 Å². The maximum Gasteiger partial charge on any atom is 0.341 e. The van der Waals surface area contributed by atoms with Crippen molar-refractivity contribution < 1.29 is 67.7 Å². The van der Waals surface area contributed by atoms with Crippen LogP contribution >= 0.6 is 0 Å². The summed E-state index contributed by atoms with van der Waals surface area (Å²) in [5.74, 6) is -8.47. The van der Waals surface area contributed by atoms with E-state index in [2.05, 4.69) is 16.0 Å². The van der Waals surface area contributed by atoms with Crippen LogP contribution in [0.25, 0.3) is 11.3 Å². The molecule has 1 aliphatic carbocycles. The standard InChI is InChI=1S/C35H44N4O14/c1-4-6-7-8-21(25(5-2)39(18-40)53-35(50)23-13-19(23)3)31(45)36-17-37-33(47)27-12-11-26(52-27)20-9-10-22(28(14-20)51-16-30(43)44)32(46)38-24(34(48)49)15-29(41)42/h9-12,14,18-19,21,23-25H,4-8,13,15-17H2,1-3H3,(H,36,45)(H,37,47)(H,38,46)(H,41,42)(H,43,44)(H,48,49)/t19?,21-,23?,24+,25-/m1/s1. The number of ether oxygens (including phenoxy) is 1. The van der Waals surface area contributed by atoms with Gasteiger partial charge < -0.3 is 45.3 Å². The first-order chi connectivity index (χ1) is 25.2. The highest BCUT2D eigenvalue weighted by Gasteiger charge is 2.43. The number of carbonyl (C=O) groups excluding carboxylic acids is 5. The van der Waals surface area contributed by atoms with E-state index in [0.29, 0.717) is 32.1 Å². The lowest BCUT2D eigenvalue weighted by Crippen LogP contribution is -2.49. The Hall–Kier alpha value is -5.94. The number of nitrogens with one attached hydrogen (secondary N) is 3. The van der Waals surface area contributed by atoms with Gasteiger partial charge in [-0.25, -0.2) is 14.4 Å². The van der Waals surface area contributed by atoms with Gasteiger partial charge in [-0.1, -0.05) is 46.1 Å². The van der Waals surface area contributed by atoms with Crippen LogP contribution in [0.2, 0.25) is 0 Å². The number of amides is 4. The fourth-order valence-electron chi connectivity index (χ4n) is 5.52. The average Bonchev–Trinajstić information content (AvgIpc) is 3.64. The van der Waals surface area contributed by atoms with Crippen LogP contribution in [-0.2, 0) is 33.6 Å². The number of aliphatic carboxylic acids is 3. The Bertz CT molecular complexity index is 1670. The molecule has 0 radical (unpaired) electrons. The van der Waals surface area contributed by atoms with Crippen molar-refractivity contribution in [2.45, 2.75) is 77.8 Å². The highest BCUT2D eigenvalue weighted by atomic mass is 16.7. The summed E-state index contributed by atoms with van der Waals surface area (Å²) < 4.78 is 10.9. The molecule has 5 atom stereocenters. The van der Waals surface area contributed by atoms with Crippen molar-refractivity contribution in [2.75, 3.05) is 13.3 Å². The molecule has 1 aliphatic rings. The van der Waals surface area contributed by atoms with Crippen molar-refractivity contribution in [3.05, 3.63) is 41.7 Å². The highest BCUT2D eigenvalue weighted by molar-refractivity contribution is 6.00. The number of carbonyl (C=O) groups is 8. The largest absolute Gasteiger partial charge is 0.481 e. The molecule has 2 aromatic rings. The number of furan rings is 1. The Morgan fingerprint density at radius 1 is 0.981 bits per heavy atom. The van der Waals surface area contributed by atoms with E-state index in [0.717, 1.165) is 17.9 Å². The fourth-order valence-corrected chi connectivity index (χ4v) is 5.52. The van der Waals surface area contributed by atoms with Gasteiger partial charge in [0, 0.05) is 5.56 Å². The summed E-state index contributed by atoms with van der Waals surface area (Å²) in [4.78, 5) is 103. The molecule has 4 amide bonds. The second kappa shape index (κ2) is 19.6. The van der Waals surface area contributed by atoms with Gasteiger partial charge >= 0.3 is 23.9 Å². The van der Waals surface area contributed by atoms with Gasteiger partial charge in [0.2, 0.25) is 12.3 Å². The van der Waals surface area contributed by atoms with E-state index in [-0.39, 0.29) is 46.9 Å². The van der Waals surface area contributed by atoms with E-state index in [9.17, 15) is 43.5 Å². The number of hydroxylamine groups is 2. The minimum atomic E-state index is -1.78. The van der Waals surface area contributed by atoms with Crippen molar-refractivity contribution in [1.29, 1.82) is 0 Å². The molecule has 0 spiro atoms. The first kappa shape index (κ1) is 41.5. The van der Waals surface area contributed by atoms with Crippen LogP contribution < -0.4 is 20.7 Å². The monoisotopic (exact) mass is 744 g/mol. The minimum Gasteiger partial charge on any atom is -0.481 e. The van der Waals surface area contributed by atoms with Crippen molar-refractivity contribution in [3.63, 3.8) is 0 Å². The van der Waals surface area contributed by atoms with Crippen LogP contribution in [0.4, 0.5) is 0 Å². The van der Waals surface area contributed by atoms with Crippen molar-refractivity contribution in [2.24, 2.45) is 17.8 Å². The highest BCUT2D eigenvalue weighted by Crippen LogP contribution is 2.39. The van der Waals surface area contributed by atoms with Crippen LogP contribution in [0.5, 0.6) is 5.75 Å². The number of hydrogen-bond acceptors (Lipinski definition) is 11. The smallest absolute Gasteiger partial charge is 0.341 e. The second-order valence-electron chi connectivity index (χ2n) is 12.5. The second-order valence-corrected chi connectivity index (χ2v) is 12.5. The van der Waals surface area contributed by atoms with Gasteiger partial charge in [0.05, 0.1) is 36.5 Å². The molecule has 1 aromatic carbocycles. The Morgan fingerprint density at radius 2 is 1.70 bits per heavy atom. The van der Waals surface area contributed by atoms with E-state index >= 15 is 0 Å². The number of carboxylic acid groups (broad SMARTS) is 3. The summed E-state index contributed by atoms with van der Waals surface area (Å²) in [7, 11) is 0. The Morgan fingerprint density at radius 3 is 2.28 bits per heavy atom. The molecule has 0 bridgehead atoms. The van der Waals surface area contributed by atoms with Crippen molar-refractivity contribution in [1.82, 2.24) is 21.0 Å². The van der Waals surface area contributed by atoms with Gasteiger partial charge in [-0.05, 0) is 49.4 Å². The predicted octanol–water partition coefficient (Wildman–Crippen LogP) is 2.42. The summed E-state index contributed by atoms with van der Waals surface area (Å²) in [6.07, 6.45) is 3.26. The zero-order valence-corrected chi connectivity index (χ0v) is 29.5. The molecule has 1 heterocycles. The molecule has 2 unspecified atom stereocenters. The number of benzene rings is 1. The van der Waals surface area contributed by atoms with Crippen LogP contribution in [0.1, 0.15) is 86.6 Å². The molecule has 288 valence electrons. The van der Waals surface area contributed by atoms with Crippen molar-refractivity contribution in [3.8, 4) is 17.1 Å². The molecule has 18 nitrogen and oxygen atoms in total. The minimum absolute atomic E-state index is 0.0893. The predicted molar refractivity (Wildman–Crippen MR) is 182 cm³/mol. The molecular weight excluding hydrogens is 700 g/mol. The van der Waals surface area contributed by atoms with Gasteiger partial charge in [0.1, 0.15) is 17.6 Å². The molecule has 18 heteroatoms. The van der Waals surface area contributed by atoms with Crippen LogP contribution in [0, 0.1) is 17.8 Å². The number of carboxylic acids is 3. The van der Waals surface area contributed by atoms with Gasteiger partial charge in [-0.2, -0.15) is 5.06 Å².